The summed E-state index contributed by atoms with van der Waals surface area (Å²) >= 11 is 0. The maximum absolute atomic E-state index is 13.2. The Bertz CT molecular complexity index is 1100. The molecule has 0 unspecified atom stereocenters. The fraction of sp³-hybridized carbons (Fsp3) is 0.391. The van der Waals surface area contributed by atoms with E-state index in [9.17, 15) is 9.18 Å². The lowest BCUT2D eigenvalue weighted by atomic mass is 9.84. The molecule has 2 atom stereocenters. The second-order valence-electron chi connectivity index (χ2n) is 8.61. The minimum Gasteiger partial charge on any atom is -0.316 e. The van der Waals surface area contributed by atoms with Crippen LogP contribution in [0.25, 0.3) is 11.3 Å². The van der Waals surface area contributed by atoms with E-state index in [4.69, 9.17) is 0 Å². The van der Waals surface area contributed by atoms with Crippen molar-refractivity contribution in [1.82, 2.24) is 25.0 Å². The summed E-state index contributed by atoms with van der Waals surface area (Å²) in [6, 6.07) is 10.5. The predicted octanol–water partition coefficient (Wildman–Crippen LogP) is 2.72. The third kappa shape index (κ3) is 3.59. The van der Waals surface area contributed by atoms with Crippen LogP contribution in [0.2, 0.25) is 0 Å². The van der Waals surface area contributed by atoms with Crippen LogP contribution in [-0.2, 0) is 19.6 Å². The normalized spacial score (nSPS) is 20.4. The Labute approximate surface area is 174 Å². The molecule has 2 aromatic heterocycles. The number of H-pyrrole nitrogens is 1. The van der Waals surface area contributed by atoms with Gasteiger partial charge < -0.3 is 9.88 Å². The molecule has 2 N–H and O–H groups in total. The number of hydrogen-bond donors (Lipinski definition) is 2. The summed E-state index contributed by atoms with van der Waals surface area (Å²) in [5, 5.41) is 10.7. The average molecular weight is 407 g/mol. The van der Waals surface area contributed by atoms with Crippen LogP contribution in [0, 0.1) is 11.7 Å². The van der Waals surface area contributed by atoms with Crippen LogP contribution >= 0.6 is 0 Å². The molecular formula is C23H26FN5O. The number of benzene rings is 1. The predicted molar refractivity (Wildman–Crippen MR) is 114 cm³/mol. The number of aromatic nitrogens is 3. The van der Waals surface area contributed by atoms with Gasteiger partial charge >= 0.3 is 0 Å². The molecule has 5 rings (SSSR count). The lowest BCUT2D eigenvalue weighted by Gasteiger charge is -2.37. The largest absolute Gasteiger partial charge is 0.316 e. The lowest BCUT2D eigenvalue weighted by molar-refractivity contribution is 0.254. The molecular weight excluding hydrogens is 381 g/mol. The molecule has 0 amide bonds. The van der Waals surface area contributed by atoms with Gasteiger partial charge in [-0.15, -0.1) is 0 Å². The standard InChI is InChI=1S/C23H26FN5O/c1-28(14-19-11-26-27-22(19)16-2-5-20(24)6-3-16)13-17-4-7-21-18-8-15(9-25-10-18)12-29(21)23(17)30/h2-7,11,15,18,25H,8-10,12-14H2,1H3,(H,26,27)/t15-,18+/m0/s1. The Morgan fingerprint density at radius 2 is 1.93 bits per heavy atom. The Morgan fingerprint density at radius 3 is 2.77 bits per heavy atom. The Kier molecular flexibility index (Phi) is 5.00. The highest BCUT2D eigenvalue weighted by atomic mass is 19.1. The van der Waals surface area contributed by atoms with Gasteiger partial charge in [0.15, 0.2) is 0 Å². The number of halogens is 1. The molecule has 1 aromatic carbocycles. The zero-order valence-electron chi connectivity index (χ0n) is 17.1. The van der Waals surface area contributed by atoms with Gasteiger partial charge in [0.25, 0.3) is 5.56 Å². The molecule has 6 nitrogen and oxygen atoms in total. The van der Waals surface area contributed by atoms with Crippen molar-refractivity contribution in [2.45, 2.75) is 32.0 Å². The van der Waals surface area contributed by atoms with Crippen molar-refractivity contribution < 1.29 is 4.39 Å². The summed E-state index contributed by atoms with van der Waals surface area (Å²) in [6.07, 6.45) is 2.97. The number of pyridine rings is 1. The fourth-order valence-electron chi connectivity index (χ4n) is 4.89. The number of rotatable bonds is 5. The third-order valence-electron chi connectivity index (χ3n) is 6.32. The van der Waals surface area contributed by atoms with E-state index in [-0.39, 0.29) is 11.4 Å². The summed E-state index contributed by atoms with van der Waals surface area (Å²) in [5.41, 5.74) is 4.92. The van der Waals surface area contributed by atoms with Gasteiger partial charge in [0.2, 0.25) is 0 Å². The van der Waals surface area contributed by atoms with Gasteiger partial charge in [0.1, 0.15) is 5.82 Å². The van der Waals surface area contributed by atoms with Crippen LogP contribution < -0.4 is 10.9 Å². The van der Waals surface area contributed by atoms with Crippen molar-refractivity contribution in [2.24, 2.45) is 5.92 Å². The van der Waals surface area contributed by atoms with E-state index in [1.165, 1.54) is 24.2 Å². The van der Waals surface area contributed by atoms with Gasteiger partial charge in [-0.1, -0.05) is 6.07 Å². The summed E-state index contributed by atoms with van der Waals surface area (Å²) in [5.74, 6) is 0.733. The maximum Gasteiger partial charge on any atom is 0.255 e. The van der Waals surface area contributed by atoms with Gasteiger partial charge in [0, 0.05) is 54.5 Å². The van der Waals surface area contributed by atoms with Crippen molar-refractivity contribution in [3.05, 3.63) is 75.6 Å². The minimum atomic E-state index is -0.260. The first kappa shape index (κ1) is 19.2. The molecule has 1 saturated heterocycles. The molecule has 0 spiro atoms. The zero-order valence-corrected chi connectivity index (χ0v) is 17.1. The van der Waals surface area contributed by atoms with E-state index < -0.39 is 0 Å². The molecule has 156 valence electrons. The molecule has 30 heavy (non-hydrogen) atoms. The fourth-order valence-corrected chi connectivity index (χ4v) is 4.89. The SMILES string of the molecule is CN(Cc1cn[nH]c1-c1ccc(F)cc1)Cc1ccc2n(c1=O)C[C@@H]1CNC[C@H]2C1. The Hall–Kier alpha value is -2.77. The highest BCUT2D eigenvalue weighted by molar-refractivity contribution is 5.62. The van der Waals surface area contributed by atoms with Crippen molar-refractivity contribution in [1.29, 1.82) is 0 Å². The topological polar surface area (TPSA) is 66.0 Å². The van der Waals surface area contributed by atoms with Crippen LogP contribution in [-0.4, -0.2) is 39.8 Å². The summed E-state index contributed by atoms with van der Waals surface area (Å²) in [7, 11) is 2.00. The number of nitrogens with one attached hydrogen (secondary N) is 2. The molecule has 2 aliphatic heterocycles. The highest BCUT2D eigenvalue weighted by Gasteiger charge is 2.31. The van der Waals surface area contributed by atoms with Gasteiger partial charge in [0.05, 0.1) is 11.9 Å². The second kappa shape index (κ2) is 7.81. The first-order chi connectivity index (χ1) is 14.6. The number of piperidine rings is 1. The molecule has 0 radical (unpaired) electrons. The molecule has 4 heterocycles. The monoisotopic (exact) mass is 407 g/mol. The van der Waals surface area contributed by atoms with Crippen LogP contribution in [0.5, 0.6) is 0 Å². The van der Waals surface area contributed by atoms with Crippen LogP contribution in [0.3, 0.4) is 0 Å². The molecule has 1 fully saturated rings. The van der Waals surface area contributed by atoms with E-state index >= 15 is 0 Å². The number of nitrogens with zero attached hydrogens (tertiary/aromatic N) is 3. The van der Waals surface area contributed by atoms with Crippen molar-refractivity contribution in [2.75, 3.05) is 20.1 Å². The molecule has 2 bridgehead atoms. The summed E-state index contributed by atoms with van der Waals surface area (Å²) < 4.78 is 15.2. The van der Waals surface area contributed by atoms with Gasteiger partial charge in [-0.2, -0.15) is 5.10 Å². The Balaban J connectivity index is 1.34. The molecule has 2 aliphatic rings. The van der Waals surface area contributed by atoms with Crippen molar-refractivity contribution in [3.63, 3.8) is 0 Å². The van der Waals surface area contributed by atoms with E-state index in [1.807, 2.05) is 17.7 Å². The first-order valence-electron chi connectivity index (χ1n) is 10.5. The quantitative estimate of drug-likeness (QED) is 0.683. The van der Waals surface area contributed by atoms with Crippen LogP contribution in [0.15, 0.2) is 47.4 Å². The van der Waals surface area contributed by atoms with Crippen LogP contribution in [0.1, 0.15) is 29.2 Å². The van der Waals surface area contributed by atoms with Gasteiger partial charge in [-0.25, -0.2) is 4.39 Å². The summed E-state index contributed by atoms with van der Waals surface area (Å²) in [6.45, 7) is 3.98. The van der Waals surface area contributed by atoms with E-state index in [1.54, 1.807) is 18.3 Å². The second-order valence-corrected chi connectivity index (χ2v) is 8.61. The number of aromatic amines is 1. The summed E-state index contributed by atoms with van der Waals surface area (Å²) in [4.78, 5) is 15.3. The van der Waals surface area contributed by atoms with Gasteiger partial charge in [-0.3, -0.25) is 14.8 Å². The van der Waals surface area contributed by atoms with E-state index in [0.717, 1.165) is 42.0 Å². The zero-order chi connectivity index (χ0) is 20.7. The minimum absolute atomic E-state index is 0.141. The number of hydrogen-bond acceptors (Lipinski definition) is 4. The van der Waals surface area contributed by atoms with Crippen molar-refractivity contribution in [3.8, 4) is 11.3 Å². The molecule has 3 aromatic rings. The maximum atomic E-state index is 13.2. The van der Waals surface area contributed by atoms with Crippen LogP contribution in [0.4, 0.5) is 4.39 Å². The third-order valence-corrected chi connectivity index (χ3v) is 6.32. The smallest absolute Gasteiger partial charge is 0.255 e. The molecule has 7 heteroatoms. The lowest BCUT2D eigenvalue weighted by Crippen LogP contribution is -2.45. The Morgan fingerprint density at radius 1 is 1.13 bits per heavy atom. The van der Waals surface area contributed by atoms with E-state index in [0.29, 0.717) is 24.9 Å². The first-order valence-corrected chi connectivity index (χ1v) is 10.5. The molecule has 0 aliphatic carbocycles. The molecule has 0 saturated carbocycles. The van der Waals surface area contributed by atoms with E-state index in [2.05, 4.69) is 26.5 Å². The number of fused-ring (bicyclic) bond motifs is 4. The van der Waals surface area contributed by atoms with Gasteiger partial charge in [-0.05, 0) is 56.3 Å². The highest BCUT2D eigenvalue weighted by Crippen LogP contribution is 2.31. The average Bonchev–Trinajstić information content (AvgIpc) is 3.19. The van der Waals surface area contributed by atoms with Crippen molar-refractivity contribution >= 4 is 0 Å².